The van der Waals surface area contributed by atoms with Crippen LogP contribution in [0.1, 0.15) is 87.9 Å². The van der Waals surface area contributed by atoms with Crippen molar-refractivity contribution in [1.29, 1.82) is 0 Å². The SMILES string of the molecule is [2H]C([2H])([2H])c1ccc(-c2[c-]cccc2)nc1.[2H]C([2H])([2H])c1cnc(-c2[c-]ccc3c2oc2nc(-c4c(C([2H])(C)C)cccc4C([2H])(C)C)ccc23)cc1C([2H])([2H])C.[Ir]. The Kier molecular flexibility index (Phi) is 7.54. The van der Waals surface area contributed by atoms with Gasteiger partial charge in [0.05, 0.1) is 11.3 Å². The van der Waals surface area contributed by atoms with Crippen LogP contribution in [-0.2, 0) is 26.5 Å². The first-order valence-corrected chi connectivity index (χ1v) is 15.3. The van der Waals surface area contributed by atoms with E-state index >= 15 is 0 Å². The predicted octanol–water partition coefficient (Wildman–Crippen LogP) is 11.5. The van der Waals surface area contributed by atoms with Gasteiger partial charge in [0.2, 0.25) is 5.71 Å². The van der Waals surface area contributed by atoms with Crippen molar-refractivity contribution >= 4 is 22.1 Å². The number of hydrogen-bond donors (Lipinski definition) is 0. The van der Waals surface area contributed by atoms with Crippen molar-refractivity contribution in [2.45, 2.75) is 66.5 Å². The number of furan rings is 1. The van der Waals surface area contributed by atoms with Crippen LogP contribution in [0.3, 0.4) is 0 Å². The van der Waals surface area contributed by atoms with E-state index in [0.29, 0.717) is 28.2 Å². The molecular weight excluding hydrogens is 767 g/mol. The second-order valence-electron chi connectivity index (χ2n) is 11.5. The van der Waals surface area contributed by atoms with Crippen LogP contribution in [-0.4, -0.2) is 15.0 Å². The second kappa shape index (κ2) is 15.2. The predicted molar refractivity (Wildman–Crippen MR) is 195 cm³/mol. The molecule has 4 aromatic heterocycles. The number of rotatable bonds is 6. The molecule has 0 aliphatic carbocycles. The second-order valence-corrected chi connectivity index (χ2v) is 11.5. The minimum absolute atomic E-state index is 0. The van der Waals surface area contributed by atoms with E-state index in [-0.39, 0.29) is 36.8 Å². The summed E-state index contributed by atoms with van der Waals surface area (Å²) in [5, 5.41) is 1.50. The Hall–Kier alpha value is -4.44. The van der Waals surface area contributed by atoms with Crippen molar-refractivity contribution in [2.24, 2.45) is 0 Å². The number of aryl methyl sites for hydroxylation is 3. The quantitative estimate of drug-likeness (QED) is 0.157. The van der Waals surface area contributed by atoms with Crippen molar-refractivity contribution in [3.63, 3.8) is 0 Å². The third-order valence-corrected chi connectivity index (χ3v) is 7.87. The van der Waals surface area contributed by atoms with Gasteiger partial charge in [-0.15, -0.1) is 54.1 Å². The molecule has 7 aromatic rings. The van der Waals surface area contributed by atoms with Crippen molar-refractivity contribution in [2.75, 3.05) is 0 Å². The van der Waals surface area contributed by atoms with Crippen molar-refractivity contribution in [3.05, 3.63) is 137 Å². The molecule has 0 aliphatic heterocycles. The maximum Gasteiger partial charge on any atom is 0.216 e. The summed E-state index contributed by atoms with van der Waals surface area (Å²) in [7, 11) is 0. The molecule has 0 aliphatic rings. The fraction of sp³-hybridized carbons (Fsp3) is 0.233. The average Bonchev–Trinajstić information content (AvgIpc) is 3.51. The van der Waals surface area contributed by atoms with Gasteiger partial charge in [-0.05, 0) is 77.6 Å². The fourth-order valence-electron chi connectivity index (χ4n) is 5.52. The van der Waals surface area contributed by atoms with Crippen LogP contribution in [0.5, 0.6) is 0 Å². The summed E-state index contributed by atoms with van der Waals surface area (Å²) in [4.78, 5) is 13.4. The zero-order valence-corrected chi connectivity index (χ0v) is 29.7. The first-order chi connectivity index (χ1) is 26.4. The Bertz CT molecular complexity index is 2520. The van der Waals surface area contributed by atoms with Gasteiger partial charge in [-0.3, -0.25) is 0 Å². The first kappa shape index (κ1) is 23.8. The Morgan fingerprint density at radius 1 is 0.792 bits per heavy atom. The molecule has 7 rings (SSSR count). The van der Waals surface area contributed by atoms with Crippen molar-refractivity contribution in [1.82, 2.24) is 15.0 Å². The van der Waals surface area contributed by atoms with Crippen LogP contribution < -0.4 is 0 Å². The number of pyridine rings is 3. The molecule has 0 amide bonds. The molecule has 1 radical (unpaired) electrons. The van der Waals surface area contributed by atoms with Gasteiger partial charge in [-0.25, -0.2) is 4.98 Å². The molecule has 0 saturated carbocycles. The van der Waals surface area contributed by atoms with E-state index in [1.165, 1.54) is 25.4 Å². The molecule has 5 heteroatoms. The molecule has 245 valence electrons. The molecule has 0 spiro atoms. The Morgan fingerprint density at radius 2 is 1.56 bits per heavy atom. The summed E-state index contributed by atoms with van der Waals surface area (Å²) < 4.78 is 85.5. The molecule has 0 fully saturated rings. The molecule has 0 bridgehead atoms. The topological polar surface area (TPSA) is 51.8 Å². The number of benzene rings is 3. The third-order valence-electron chi connectivity index (χ3n) is 7.87. The minimum Gasteiger partial charge on any atom is -0.486 e. The maximum atomic E-state index is 8.77. The third kappa shape index (κ3) is 7.18. The van der Waals surface area contributed by atoms with Gasteiger partial charge < -0.3 is 14.4 Å². The van der Waals surface area contributed by atoms with E-state index in [9.17, 15) is 0 Å². The van der Waals surface area contributed by atoms with Crippen LogP contribution in [0.4, 0.5) is 0 Å². The molecule has 4 heterocycles. The first-order valence-electron chi connectivity index (χ1n) is 20.3. The summed E-state index contributed by atoms with van der Waals surface area (Å²) in [6.45, 7) is 3.96. The average molecular weight is 818 g/mol. The van der Waals surface area contributed by atoms with Gasteiger partial charge in [0.1, 0.15) is 0 Å². The Balaban J connectivity index is 0.000000315. The van der Waals surface area contributed by atoms with Crippen LogP contribution in [0.25, 0.3) is 55.8 Å². The zero-order valence-electron chi connectivity index (χ0n) is 37.3. The molecule has 3 aromatic carbocycles. The summed E-state index contributed by atoms with van der Waals surface area (Å²) in [6, 6.07) is 31.4. The van der Waals surface area contributed by atoms with E-state index in [1.54, 1.807) is 24.3 Å². The zero-order chi connectivity index (χ0) is 41.7. The number of fused-ring (bicyclic) bond motifs is 3. The smallest absolute Gasteiger partial charge is 0.216 e. The normalized spacial score (nSPS) is 15.4. The molecule has 0 N–H and O–H groups in total. The monoisotopic (exact) mass is 818 g/mol. The van der Waals surface area contributed by atoms with Gasteiger partial charge in [0.25, 0.3) is 0 Å². The van der Waals surface area contributed by atoms with E-state index in [4.69, 9.17) is 23.1 Å². The Labute approximate surface area is 312 Å². The minimum atomic E-state index is -2.52. The molecular formula is C43H41IrN3O-2. The largest absolute Gasteiger partial charge is 0.486 e. The van der Waals surface area contributed by atoms with Crippen LogP contribution >= 0.6 is 0 Å². The number of nitrogens with zero attached hydrogens (tertiary/aromatic N) is 3. The van der Waals surface area contributed by atoms with Gasteiger partial charge in [-0.1, -0.05) is 87.5 Å². The van der Waals surface area contributed by atoms with Gasteiger partial charge >= 0.3 is 0 Å². The molecule has 0 saturated heterocycles. The maximum absolute atomic E-state index is 8.77. The standard InChI is InChI=1S/C31H31N2O.C12H10N.Ir/c1-7-21-16-28(32-17-20(21)6)26-13-9-12-24-25-14-15-27(33-31(25)34-30(24)26)29-22(18(2)3)10-8-11-23(29)19(4)5;1-10-7-8-12(13-9-10)11-5-3-2-4-6-11;/h8-12,14-19H,7H2,1-6H3;2-5,7-9H,1H3;/q2*-1;/i6D3,7D2,18D,19D;1D3;. The van der Waals surface area contributed by atoms with E-state index in [2.05, 4.69) is 22.1 Å². The Morgan fingerprint density at radius 3 is 2.21 bits per heavy atom. The molecule has 0 atom stereocenters. The molecule has 0 unspecified atom stereocenters. The van der Waals surface area contributed by atoms with Crippen LogP contribution in [0.2, 0.25) is 0 Å². The van der Waals surface area contributed by atoms with Crippen molar-refractivity contribution in [3.8, 4) is 33.8 Å². The molecule has 4 nitrogen and oxygen atoms in total. The van der Waals surface area contributed by atoms with Gasteiger partial charge in [0, 0.05) is 57.2 Å². The van der Waals surface area contributed by atoms with Gasteiger partial charge in [-0.2, -0.15) is 0 Å². The summed E-state index contributed by atoms with van der Waals surface area (Å²) in [5.74, 6) is -1.87. The number of hydrogen-bond acceptors (Lipinski definition) is 4. The van der Waals surface area contributed by atoms with E-state index in [1.807, 2.05) is 82.3 Å². The summed E-state index contributed by atoms with van der Waals surface area (Å²) in [5.41, 5.74) is 6.18. The van der Waals surface area contributed by atoms with Crippen LogP contribution in [0.15, 0.2) is 102 Å². The van der Waals surface area contributed by atoms with Gasteiger partial charge in [0.15, 0.2) is 0 Å². The van der Waals surface area contributed by atoms with Crippen LogP contribution in [0, 0.1) is 25.8 Å². The fourth-order valence-corrected chi connectivity index (χ4v) is 5.52. The summed E-state index contributed by atoms with van der Waals surface area (Å²) >= 11 is 0. The van der Waals surface area contributed by atoms with E-state index < -0.39 is 31.9 Å². The van der Waals surface area contributed by atoms with E-state index in [0.717, 1.165) is 38.7 Å². The number of aromatic nitrogens is 3. The summed E-state index contributed by atoms with van der Waals surface area (Å²) in [6.07, 6.45) is 0.680. The molecule has 48 heavy (non-hydrogen) atoms. The van der Waals surface area contributed by atoms with Crippen molar-refractivity contribution < 1.29 is 38.2 Å².